The van der Waals surface area contributed by atoms with Gasteiger partial charge < -0.3 is 20.1 Å². The fourth-order valence-corrected chi connectivity index (χ4v) is 1.42. The van der Waals surface area contributed by atoms with Crippen LogP contribution in [0, 0.1) is 0 Å². The maximum atomic E-state index is 11.9. The third-order valence-electron chi connectivity index (χ3n) is 2.31. The molecule has 0 aromatic rings. The van der Waals surface area contributed by atoms with Gasteiger partial charge in [0.25, 0.3) is 0 Å². The van der Waals surface area contributed by atoms with E-state index in [1.807, 2.05) is 0 Å². The molecule has 1 aliphatic rings. The summed E-state index contributed by atoms with van der Waals surface area (Å²) >= 11 is 0. The highest BCUT2D eigenvalue weighted by atomic mass is 16.6. The van der Waals surface area contributed by atoms with E-state index >= 15 is 0 Å². The first-order valence-electron chi connectivity index (χ1n) is 5.86. The summed E-state index contributed by atoms with van der Waals surface area (Å²) in [6.45, 7) is 4.97. The summed E-state index contributed by atoms with van der Waals surface area (Å²) < 4.78 is 9.95. The maximum Gasteiger partial charge on any atom is 0.413 e. The van der Waals surface area contributed by atoms with Crippen molar-refractivity contribution in [3.63, 3.8) is 0 Å². The Morgan fingerprint density at radius 2 is 2.11 bits per heavy atom. The van der Waals surface area contributed by atoms with Crippen molar-refractivity contribution >= 4 is 18.1 Å². The number of nitrogens with zero attached hydrogens (tertiary/aromatic N) is 1. The molecular formula is C11H19N3O5. The van der Waals surface area contributed by atoms with Crippen LogP contribution in [0.15, 0.2) is 0 Å². The molecule has 1 atom stereocenters. The lowest BCUT2D eigenvalue weighted by atomic mass is 10.2. The third-order valence-corrected chi connectivity index (χ3v) is 2.31. The Hall–Kier alpha value is -1.99. The summed E-state index contributed by atoms with van der Waals surface area (Å²) in [6, 6.07) is -1.31. The molecule has 0 aromatic carbocycles. The quantitative estimate of drug-likeness (QED) is 0.692. The predicted octanol–water partition coefficient (Wildman–Crippen LogP) is 0.0354. The summed E-state index contributed by atoms with van der Waals surface area (Å²) in [4.78, 5) is 35.6. The fraction of sp³-hybridized carbons (Fsp3) is 0.727. The van der Waals surface area contributed by atoms with E-state index in [2.05, 4.69) is 10.6 Å². The highest BCUT2D eigenvalue weighted by molar-refractivity contribution is 5.85. The topological polar surface area (TPSA) is 97.0 Å². The Balaban J connectivity index is 2.63. The fourth-order valence-electron chi connectivity index (χ4n) is 1.42. The molecule has 1 fully saturated rings. The average Bonchev–Trinajstić information content (AvgIpc) is 2.65. The first-order chi connectivity index (χ1) is 8.74. The van der Waals surface area contributed by atoms with Crippen molar-refractivity contribution in [1.82, 2.24) is 15.5 Å². The molecular weight excluding hydrogens is 254 g/mol. The highest BCUT2D eigenvalue weighted by Crippen LogP contribution is 2.16. The first-order valence-corrected chi connectivity index (χ1v) is 5.86. The Labute approximate surface area is 111 Å². The molecule has 8 nitrogen and oxygen atoms in total. The minimum atomic E-state index is -0.868. The minimum Gasteiger partial charge on any atom is -0.444 e. The number of carbonyl (C=O) groups excluding carboxylic acids is 3. The van der Waals surface area contributed by atoms with Crippen LogP contribution < -0.4 is 10.6 Å². The molecule has 3 amide bonds. The molecule has 0 saturated carbocycles. The molecule has 108 valence electrons. The van der Waals surface area contributed by atoms with Crippen molar-refractivity contribution in [2.45, 2.75) is 32.4 Å². The zero-order chi connectivity index (χ0) is 14.6. The summed E-state index contributed by atoms with van der Waals surface area (Å²) in [7, 11) is 1.45. The largest absolute Gasteiger partial charge is 0.444 e. The van der Waals surface area contributed by atoms with Gasteiger partial charge in [0.05, 0.1) is 6.54 Å². The van der Waals surface area contributed by atoms with Gasteiger partial charge in [0, 0.05) is 7.05 Å². The Morgan fingerprint density at radius 1 is 1.47 bits per heavy atom. The Bertz CT molecular complexity index is 377. The number of hydrogen-bond acceptors (Lipinski definition) is 5. The van der Waals surface area contributed by atoms with E-state index in [0.717, 1.165) is 4.90 Å². The minimum absolute atomic E-state index is 0.0300. The van der Waals surface area contributed by atoms with Gasteiger partial charge in [-0.1, -0.05) is 0 Å². The van der Waals surface area contributed by atoms with Gasteiger partial charge in [-0.05, 0) is 20.8 Å². The van der Waals surface area contributed by atoms with E-state index in [0.29, 0.717) is 0 Å². The second-order valence-corrected chi connectivity index (χ2v) is 5.02. The van der Waals surface area contributed by atoms with Crippen molar-refractivity contribution in [1.29, 1.82) is 0 Å². The number of rotatable bonds is 2. The van der Waals surface area contributed by atoms with Crippen LogP contribution in [0.5, 0.6) is 0 Å². The SMILES string of the molecule is CNC(=O)NC[C@H]1C(=O)OCN1C(=O)OC(C)(C)C. The van der Waals surface area contributed by atoms with Crippen LogP contribution in [0.1, 0.15) is 20.8 Å². The molecule has 8 heteroatoms. The molecule has 0 aliphatic carbocycles. The van der Waals surface area contributed by atoms with Gasteiger partial charge in [0.1, 0.15) is 5.60 Å². The van der Waals surface area contributed by atoms with Crippen molar-refractivity contribution in [2.75, 3.05) is 20.3 Å². The van der Waals surface area contributed by atoms with E-state index in [-0.39, 0.29) is 13.3 Å². The summed E-state index contributed by atoms with van der Waals surface area (Å²) in [5.74, 6) is -0.567. The predicted molar refractivity (Wildman–Crippen MR) is 65.3 cm³/mol. The number of esters is 1. The zero-order valence-electron chi connectivity index (χ0n) is 11.5. The van der Waals surface area contributed by atoms with Crippen molar-refractivity contribution in [3.8, 4) is 0 Å². The van der Waals surface area contributed by atoms with E-state index in [1.165, 1.54) is 7.05 Å². The molecule has 1 saturated heterocycles. The summed E-state index contributed by atoms with van der Waals surface area (Å²) in [6.07, 6.45) is -0.651. The van der Waals surface area contributed by atoms with Crippen molar-refractivity contribution in [3.05, 3.63) is 0 Å². The second kappa shape index (κ2) is 5.77. The molecule has 0 spiro atoms. The van der Waals surface area contributed by atoms with Crippen LogP contribution in [-0.4, -0.2) is 55.0 Å². The molecule has 0 bridgehead atoms. The lowest BCUT2D eigenvalue weighted by Gasteiger charge is -2.25. The number of amides is 3. The van der Waals surface area contributed by atoms with Gasteiger partial charge in [0.15, 0.2) is 12.8 Å². The van der Waals surface area contributed by atoms with Crippen LogP contribution in [0.25, 0.3) is 0 Å². The van der Waals surface area contributed by atoms with E-state index in [9.17, 15) is 14.4 Å². The Morgan fingerprint density at radius 3 is 2.63 bits per heavy atom. The van der Waals surface area contributed by atoms with Crippen LogP contribution in [0.4, 0.5) is 9.59 Å². The zero-order valence-corrected chi connectivity index (χ0v) is 11.5. The van der Waals surface area contributed by atoms with Gasteiger partial charge in [-0.3, -0.25) is 4.90 Å². The van der Waals surface area contributed by atoms with Gasteiger partial charge in [-0.25, -0.2) is 14.4 Å². The molecule has 1 rings (SSSR count). The van der Waals surface area contributed by atoms with Crippen molar-refractivity contribution in [2.24, 2.45) is 0 Å². The highest BCUT2D eigenvalue weighted by Gasteiger charge is 2.40. The number of urea groups is 1. The number of ether oxygens (including phenoxy) is 2. The second-order valence-electron chi connectivity index (χ2n) is 5.02. The molecule has 1 aliphatic heterocycles. The first kappa shape index (κ1) is 15.1. The van der Waals surface area contributed by atoms with Crippen LogP contribution >= 0.6 is 0 Å². The van der Waals surface area contributed by atoms with Gasteiger partial charge in [-0.2, -0.15) is 0 Å². The average molecular weight is 273 g/mol. The van der Waals surface area contributed by atoms with Gasteiger partial charge in [-0.15, -0.1) is 0 Å². The van der Waals surface area contributed by atoms with E-state index in [4.69, 9.17) is 9.47 Å². The smallest absolute Gasteiger partial charge is 0.413 e. The van der Waals surface area contributed by atoms with Gasteiger partial charge >= 0.3 is 18.1 Å². The number of hydrogen-bond donors (Lipinski definition) is 2. The lowest BCUT2D eigenvalue weighted by molar-refractivity contribution is -0.138. The molecule has 2 N–H and O–H groups in total. The van der Waals surface area contributed by atoms with E-state index in [1.54, 1.807) is 20.8 Å². The van der Waals surface area contributed by atoms with Crippen molar-refractivity contribution < 1.29 is 23.9 Å². The number of nitrogens with one attached hydrogen (secondary N) is 2. The monoisotopic (exact) mass is 273 g/mol. The van der Waals surface area contributed by atoms with Crippen LogP contribution in [-0.2, 0) is 14.3 Å². The standard InChI is InChI=1S/C11H19N3O5/c1-11(2,3)19-10(17)14-6-18-8(15)7(14)5-13-9(16)12-4/h7H,5-6H2,1-4H3,(H2,12,13,16)/t7-/m0/s1. The van der Waals surface area contributed by atoms with E-state index < -0.39 is 29.7 Å². The summed E-state index contributed by atoms with van der Waals surface area (Å²) in [5.41, 5.74) is -0.665. The lowest BCUT2D eigenvalue weighted by Crippen LogP contribution is -2.48. The third kappa shape index (κ3) is 4.31. The number of cyclic esters (lactones) is 1. The molecule has 0 unspecified atom stereocenters. The summed E-state index contributed by atoms with van der Waals surface area (Å²) in [5, 5.41) is 4.80. The molecule has 19 heavy (non-hydrogen) atoms. The molecule has 0 radical (unpaired) electrons. The maximum absolute atomic E-state index is 11.9. The normalized spacial score (nSPS) is 18.8. The molecule has 0 aromatic heterocycles. The van der Waals surface area contributed by atoms with Crippen LogP contribution in [0.2, 0.25) is 0 Å². The molecule has 1 heterocycles. The van der Waals surface area contributed by atoms with Crippen LogP contribution in [0.3, 0.4) is 0 Å². The Kier molecular flexibility index (Phi) is 4.57. The number of carbonyl (C=O) groups is 3. The van der Waals surface area contributed by atoms with Gasteiger partial charge in [0.2, 0.25) is 0 Å².